The molecule has 1 rings (SSSR count). The first kappa shape index (κ1) is 12.4. The van der Waals surface area contributed by atoms with Crippen molar-refractivity contribution in [1.82, 2.24) is 5.48 Å². The molecule has 88 valence electrons. The molecule has 5 N–H and O–H groups in total. The van der Waals surface area contributed by atoms with Crippen LogP contribution in [0, 0.1) is 0 Å². The minimum absolute atomic E-state index is 0.0924. The zero-order chi connectivity index (χ0) is 11.3. The number of hydrogen-bond donors (Lipinski definition) is 4. The molecule has 0 atom stereocenters. The predicted octanol–water partition coefficient (Wildman–Crippen LogP) is 0.248. The van der Waals surface area contributed by atoms with Crippen molar-refractivity contribution in [1.29, 1.82) is 0 Å². The summed E-state index contributed by atoms with van der Waals surface area (Å²) in [5.74, 6) is -0.0924. The lowest BCUT2D eigenvalue weighted by Gasteiger charge is -2.18. The molecule has 0 heterocycles. The summed E-state index contributed by atoms with van der Waals surface area (Å²) in [6.07, 6.45) is 5.34. The fourth-order valence-corrected chi connectivity index (χ4v) is 1.75. The molecule has 1 aliphatic carbocycles. The molecule has 7 nitrogen and oxygen atoms in total. The van der Waals surface area contributed by atoms with E-state index in [2.05, 4.69) is 9.62 Å². The molecule has 8 heteroatoms. The van der Waals surface area contributed by atoms with Crippen molar-refractivity contribution in [2.24, 2.45) is 10.7 Å². The number of nitrogens with one attached hydrogen (secondary N) is 1. The van der Waals surface area contributed by atoms with Gasteiger partial charge in [-0.15, -0.1) is 0 Å². The second-order valence-electron chi connectivity index (χ2n) is 3.49. The summed E-state index contributed by atoms with van der Waals surface area (Å²) < 4.78 is 14.3. The third-order valence-corrected chi connectivity index (χ3v) is 2.49. The molecule has 1 fully saturated rings. The van der Waals surface area contributed by atoms with E-state index in [-0.39, 0.29) is 12.0 Å². The predicted molar refractivity (Wildman–Crippen MR) is 54.8 cm³/mol. The lowest BCUT2D eigenvalue weighted by atomic mass is 9.96. The Labute approximate surface area is 87.9 Å². The van der Waals surface area contributed by atoms with E-state index >= 15 is 0 Å². The SMILES string of the molecule is NC(=NC1CCCCC1)NOP(=O)(O)O. The topological polar surface area (TPSA) is 117 Å². The van der Waals surface area contributed by atoms with Gasteiger partial charge >= 0.3 is 7.82 Å². The van der Waals surface area contributed by atoms with E-state index in [1.807, 2.05) is 5.48 Å². The molecule has 0 amide bonds. The number of phosphoric acid groups is 1. The van der Waals surface area contributed by atoms with Crippen LogP contribution in [0.4, 0.5) is 0 Å². The number of nitrogens with zero attached hydrogens (tertiary/aromatic N) is 1. The number of hydroxylamine groups is 1. The van der Waals surface area contributed by atoms with Crippen LogP contribution in [-0.4, -0.2) is 21.8 Å². The maximum Gasteiger partial charge on any atom is 0.491 e. The second-order valence-corrected chi connectivity index (χ2v) is 4.65. The molecule has 1 aliphatic rings. The van der Waals surface area contributed by atoms with Gasteiger partial charge in [0, 0.05) is 0 Å². The van der Waals surface area contributed by atoms with Gasteiger partial charge in [0.15, 0.2) is 0 Å². The normalized spacial score (nSPS) is 20.3. The Morgan fingerprint density at radius 1 is 1.40 bits per heavy atom. The highest BCUT2D eigenvalue weighted by atomic mass is 31.2. The summed E-state index contributed by atoms with van der Waals surface area (Å²) in [4.78, 5) is 20.8. The van der Waals surface area contributed by atoms with E-state index in [0.29, 0.717) is 0 Å². The summed E-state index contributed by atoms with van der Waals surface area (Å²) >= 11 is 0. The van der Waals surface area contributed by atoms with Crippen molar-refractivity contribution in [3.8, 4) is 0 Å². The van der Waals surface area contributed by atoms with Gasteiger partial charge in [-0.1, -0.05) is 19.3 Å². The van der Waals surface area contributed by atoms with E-state index in [4.69, 9.17) is 15.5 Å². The molecule has 0 aromatic heterocycles. The molecular formula is C7H16N3O4P. The van der Waals surface area contributed by atoms with Gasteiger partial charge in [0.1, 0.15) is 0 Å². The van der Waals surface area contributed by atoms with Crippen molar-refractivity contribution in [2.75, 3.05) is 0 Å². The van der Waals surface area contributed by atoms with Crippen LogP contribution in [0.15, 0.2) is 4.99 Å². The third-order valence-electron chi connectivity index (χ3n) is 2.17. The van der Waals surface area contributed by atoms with Gasteiger partial charge in [0.2, 0.25) is 5.96 Å². The Kier molecular flexibility index (Phi) is 4.53. The molecule has 0 spiro atoms. The van der Waals surface area contributed by atoms with Gasteiger partial charge < -0.3 is 15.5 Å². The average Bonchev–Trinajstić information content (AvgIpc) is 2.15. The monoisotopic (exact) mass is 237 g/mol. The Morgan fingerprint density at radius 3 is 2.53 bits per heavy atom. The van der Waals surface area contributed by atoms with Gasteiger partial charge in [-0.3, -0.25) is 0 Å². The molecule has 0 radical (unpaired) electrons. The van der Waals surface area contributed by atoms with Gasteiger partial charge in [-0.25, -0.2) is 15.0 Å². The van der Waals surface area contributed by atoms with Crippen molar-refractivity contribution in [3.05, 3.63) is 0 Å². The molecule has 0 bridgehead atoms. The fourth-order valence-electron chi connectivity index (χ4n) is 1.54. The zero-order valence-electron chi connectivity index (χ0n) is 8.30. The Hall–Kier alpha value is -0.620. The maximum atomic E-state index is 10.3. The number of aliphatic imine (C=N–C) groups is 1. The van der Waals surface area contributed by atoms with E-state index in [1.165, 1.54) is 6.42 Å². The Balaban J connectivity index is 2.34. The Morgan fingerprint density at radius 2 is 2.00 bits per heavy atom. The number of nitrogens with two attached hydrogens (primary N) is 1. The van der Waals surface area contributed by atoms with Gasteiger partial charge in [-0.05, 0) is 12.8 Å². The standard InChI is InChI=1S/C7H16N3O4P/c8-7(10-14-15(11,12)13)9-6-4-2-1-3-5-6/h6H,1-5H2,(H3,8,9,10)(H2,11,12,13). The Bertz CT molecular complexity index is 271. The highest BCUT2D eigenvalue weighted by Gasteiger charge is 2.16. The summed E-state index contributed by atoms with van der Waals surface area (Å²) in [7, 11) is -4.54. The highest BCUT2D eigenvalue weighted by molar-refractivity contribution is 7.46. The number of hydrogen-bond acceptors (Lipinski definition) is 3. The van der Waals surface area contributed by atoms with Crippen LogP contribution in [0.3, 0.4) is 0 Å². The van der Waals surface area contributed by atoms with E-state index < -0.39 is 7.82 Å². The third kappa shape index (κ3) is 5.74. The molecule has 1 saturated carbocycles. The van der Waals surface area contributed by atoms with Crippen LogP contribution in [0.25, 0.3) is 0 Å². The number of guanidine groups is 1. The summed E-state index contributed by atoms with van der Waals surface area (Å²) in [5, 5.41) is 0. The van der Waals surface area contributed by atoms with E-state index in [0.717, 1.165) is 25.7 Å². The molecular weight excluding hydrogens is 221 g/mol. The zero-order valence-corrected chi connectivity index (χ0v) is 9.19. The van der Waals surface area contributed by atoms with Crippen LogP contribution >= 0.6 is 7.82 Å². The quantitative estimate of drug-likeness (QED) is 0.242. The van der Waals surface area contributed by atoms with Crippen LogP contribution in [-0.2, 0) is 9.19 Å². The molecule has 0 saturated heterocycles. The molecule has 0 aliphatic heterocycles. The van der Waals surface area contributed by atoms with Gasteiger partial charge in [0.25, 0.3) is 0 Å². The van der Waals surface area contributed by atoms with Crippen molar-refractivity contribution < 1.29 is 19.0 Å². The summed E-state index contributed by atoms with van der Waals surface area (Å²) in [5.41, 5.74) is 7.32. The minimum atomic E-state index is -4.54. The minimum Gasteiger partial charge on any atom is -0.368 e. The van der Waals surface area contributed by atoms with Crippen LogP contribution in [0.5, 0.6) is 0 Å². The van der Waals surface area contributed by atoms with E-state index in [9.17, 15) is 4.57 Å². The van der Waals surface area contributed by atoms with Crippen LogP contribution < -0.4 is 11.2 Å². The summed E-state index contributed by atoms with van der Waals surface area (Å²) in [6, 6.07) is 0.131. The van der Waals surface area contributed by atoms with E-state index in [1.54, 1.807) is 0 Å². The smallest absolute Gasteiger partial charge is 0.368 e. The van der Waals surface area contributed by atoms with Crippen LogP contribution in [0.2, 0.25) is 0 Å². The van der Waals surface area contributed by atoms with Crippen molar-refractivity contribution >= 4 is 13.8 Å². The average molecular weight is 237 g/mol. The number of rotatable bonds is 3. The molecule has 15 heavy (non-hydrogen) atoms. The fraction of sp³-hybridized carbons (Fsp3) is 0.857. The molecule has 0 unspecified atom stereocenters. The van der Waals surface area contributed by atoms with Crippen molar-refractivity contribution in [2.45, 2.75) is 38.1 Å². The van der Waals surface area contributed by atoms with Gasteiger partial charge in [-0.2, -0.15) is 4.62 Å². The second kappa shape index (κ2) is 5.46. The van der Waals surface area contributed by atoms with Crippen LogP contribution in [0.1, 0.15) is 32.1 Å². The largest absolute Gasteiger partial charge is 0.491 e. The highest BCUT2D eigenvalue weighted by Crippen LogP contribution is 2.33. The van der Waals surface area contributed by atoms with Crippen molar-refractivity contribution in [3.63, 3.8) is 0 Å². The van der Waals surface area contributed by atoms with Gasteiger partial charge in [0.05, 0.1) is 6.04 Å². The first-order valence-electron chi connectivity index (χ1n) is 4.81. The molecule has 0 aromatic rings. The first-order chi connectivity index (χ1) is 6.97. The lowest BCUT2D eigenvalue weighted by Crippen LogP contribution is -2.32. The summed E-state index contributed by atoms with van der Waals surface area (Å²) in [6.45, 7) is 0. The maximum absolute atomic E-state index is 10.3. The first-order valence-corrected chi connectivity index (χ1v) is 6.34. The lowest BCUT2D eigenvalue weighted by molar-refractivity contribution is 0.162. The molecule has 0 aromatic carbocycles.